The minimum Gasteiger partial charge on any atom is -0.436 e. The number of hydrogen-bond donors (Lipinski definition) is 3. The first-order chi connectivity index (χ1) is 10.2. The summed E-state index contributed by atoms with van der Waals surface area (Å²) < 4.78 is 4.75. The zero-order valence-electron chi connectivity index (χ0n) is 12.5. The van der Waals surface area contributed by atoms with Crippen molar-refractivity contribution in [2.45, 2.75) is 32.8 Å². The maximum Gasteiger partial charge on any atom is 0.405 e. The Morgan fingerprint density at radius 3 is 2.23 bits per heavy atom. The minimum absolute atomic E-state index is 0.0565. The Morgan fingerprint density at radius 2 is 1.82 bits per heavy atom. The summed E-state index contributed by atoms with van der Waals surface area (Å²) >= 11 is 2.97. The molecule has 0 saturated carbocycles. The lowest BCUT2D eigenvalue weighted by atomic mass is 10.1. The van der Waals surface area contributed by atoms with Crippen LogP contribution in [0.5, 0.6) is 0 Å². The molecule has 126 valence electrons. The Balaban J connectivity index is 4.88. The molecule has 22 heavy (non-hydrogen) atoms. The largest absolute Gasteiger partial charge is 0.436 e. The number of carbonyl (C=O) groups excluding carboxylic acids is 4. The lowest BCUT2D eigenvalue weighted by Gasteiger charge is -2.25. The second-order valence-electron chi connectivity index (χ2n) is 4.93. The number of halogens is 1. The fourth-order valence-electron chi connectivity index (χ4n) is 1.52. The molecule has 0 fully saturated rings. The molecule has 0 heterocycles. The summed E-state index contributed by atoms with van der Waals surface area (Å²) in [6.07, 6.45) is -2.10. The van der Waals surface area contributed by atoms with E-state index in [9.17, 15) is 19.2 Å². The predicted molar refractivity (Wildman–Crippen MR) is 81.4 cm³/mol. The van der Waals surface area contributed by atoms with E-state index in [1.807, 2.05) is 13.8 Å². The molecule has 0 radical (unpaired) electrons. The van der Waals surface area contributed by atoms with Gasteiger partial charge in [0.2, 0.25) is 5.91 Å². The van der Waals surface area contributed by atoms with Crippen LogP contribution in [0.2, 0.25) is 0 Å². The van der Waals surface area contributed by atoms with Crippen LogP contribution in [0.3, 0.4) is 0 Å². The van der Waals surface area contributed by atoms with E-state index in [0.717, 1.165) is 5.01 Å². The minimum atomic E-state index is -1.13. The summed E-state index contributed by atoms with van der Waals surface area (Å²) in [5, 5.41) is 0.886. The molecule has 0 rings (SSSR count). The summed E-state index contributed by atoms with van der Waals surface area (Å²) in [7, 11) is 0. The van der Waals surface area contributed by atoms with Crippen molar-refractivity contribution in [2.75, 3.05) is 11.9 Å². The highest BCUT2D eigenvalue weighted by Gasteiger charge is 2.26. The first-order valence-corrected chi connectivity index (χ1v) is 7.70. The Hall–Kier alpha value is -1.84. The summed E-state index contributed by atoms with van der Waals surface area (Å²) in [6, 6.07) is 0. The van der Waals surface area contributed by atoms with Crippen molar-refractivity contribution in [3.63, 3.8) is 0 Å². The van der Waals surface area contributed by atoms with Gasteiger partial charge in [0.25, 0.3) is 11.8 Å². The molecule has 10 heteroatoms. The number of amides is 4. The average Bonchev–Trinajstić information content (AvgIpc) is 2.40. The molecule has 0 aliphatic heterocycles. The van der Waals surface area contributed by atoms with Crippen LogP contribution < -0.4 is 16.9 Å². The number of nitrogens with two attached hydrogens (primary N) is 2. The number of alkyl halides is 1. The highest BCUT2D eigenvalue weighted by molar-refractivity contribution is 9.09. The third kappa shape index (κ3) is 8.45. The van der Waals surface area contributed by atoms with Gasteiger partial charge in [-0.05, 0) is 12.3 Å². The van der Waals surface area contributed by atoms with Crippen molar-refractivity contribution < 1.29 is 23.9 Å². The van der Waals surface area contributed by atoms with E-state index in [0.29, 0.717) is 0 Å². The van der Waals surface area contributed by atoms with Crippen molar-refractivity contribution in [3.8, 4) is 0 Å². The second kappa shape index (κ2) is 9.98. The van der Waals surface area contributed by atoms with E-state index < -0.39 is 29.9 Å². The van der Waals surface area contributed by atoms with Crippen LogP contribution in [-0.2, 0) is 19.1 Å². The Kier molecular flexibility index (Phi) is 9.15. The van der Waals surface area contributed by atoms with Gasteiger partial charge in [-0.1, -0.05) is 29.8 Å². The number of carbonyl (C=O) groups is 4. The molecule has 1 unspecified atom stereocenters. The molecular weight excluding hydrogens is 360 g/mol. The van der Waals surface area contributed by atoms with E-state index in [4.69, 9.17) is 16.2 Å². The van der Waals surface area contributed by atoms with Crippen molar-refractivity contribution in [3.05, 3.63) is 0 Å². The highest BCUT2D eigenvalue weighted by atomic mass is 79.9. The topological polar surface area (TPSA) is 145 Å². The number of hydrazine groups is 1. The number of ether oxygens (including phenoxy) is 1. The van der Waals surface area contributed by atoms with Gasteiger partial charge in [-0.25, -0.2) is 4.79 Å². The van der Waals surface area contributed by atoms with Gasteiger partial charge >= 0.3 is 6.09 Å². The fraction of sp³-hybridized carbons (Fsp3) is 0.667. The van der Waals surface area contributed by atoms with Crippen LogP contribution in [0.15, 0.2) is 0 Å². The predicted octanol–water partition coefficient (Wildman–Crippen LogP) is -0.373. The highest BCUT2D eigenvalue weighted by Crippen LogP contribution is 2.09. The quantitative estimate of drug-likeness (QED) is 0.388. The molecule has 0 bridgehead atoms. The van der Waals surface area contributed by atoms with E-state index in [1.54, 1.807) is 0 Å². The molecule has 0 aromatic heterocycles. The molecular formula is C12H21BrN4O5. The number of nitrogens with one attached hydrogen (secondary N) is 1. The number of nitrogens with zero attached hydrogens (tertiary/aromatic N) is 1. The first-order valence-electron chi connectivity index (χ1n) is 6.58. The van der Waals surface area contributed by atoms with Gasteiger partial charge in [-0.15, -0.1) is 0 Å². The molecule has 0 aliphatic carbocycles. The third-order valence-corrected chi connectivity index (χ3v) is 2.96. The second-order valence-corrected chi connectivity index (χ2v) is 5.49. The van der Waals surface area contributed by atoms with E-state index in [2.05, 4.69) is 21.4 Å². The van der Waals surface area contributed by atoms with Gasteiger partial charge in [0.15, 0.2) is 6.10 Å². The SMILES string of the molecule is CC(C)CC(OC(N)=O)C(=O)NN(CCC(N)=O)C(=O)CBr. The van der Waals surface area contributed by atoms with Crippen molar-refractivity contribution in [1.29, 1.82) is 0 Å². The van der Waals surface area contributed by atoms with Crippen LogP contribution in [0.1, 0.15) is 26.7 Å². The van der Waals surface area contributed by atoms with Gasteiger partial charge in [0, 0.05) is 6.42 Å². The summed E-state index contributed by atoms with van der Waals surface area (Å²) in [5.74, 6) is -1.74. The molecule has 0 aliphatic rings. The van der Waals surface area contributed by atoms with Crippen molar-refractivity contribution >= 4 is 39.7 Å². The van der Waals surface area contributed by atoms with Crippen LogP contribution in [-0.4, -0.2) is 46.8 Å². The van der Waals surface area contributed by atoms with Crippen molar-refractivity contribution in [2.24, 2.45) is 17.4 Å². The molecule has 5 N–H and O–H groups in total. The van der Waals surface area contributed by atoms with Crippen LogP contribution in [0.4, 0.5) is 4.79 Å². The fourth-order valence-corrected chi connectivity index (χ4v) is 1.82. The van der Waals surface area contributed by atoms with Crippen LogP contribution in [0.25, 0.3) is 0 Å². The van der Waals surface area contributed by atoms with Crippen LogP contribution >= 0.6 is 15.9 Å². The zero-order chi connectivity index (χ0) is 17.3. The molecule has 1 atom stereocenters. The molecule has 0 spiro atoms. The number of hydrogen-bond acceptors (Lipinski definition) is 5. The average molecular weight is 381 g/mol. The van der Waals surface area contributed by atoms with Gasteiger partial charge < -0.3 is 16.2 Å². The number of rotatable bonds is 8. The molecule has 4 amide bonds. The van der Waals surface area contributed by atoms with Gasteiger partial charge in [-0.3, -0.25) is 24.8 Å². The smallest absolute Gasteiger partial charge is 0.405 e. The molecule has 0 aromatic rings. The summed E-state index contributed by atoms with van der Waals surface area (Å²) in [5.41, 5.74) is 12.3. The van der Waals surface area contributed by atoms with Crippen LogP contribution in [0, 0.1) is 5.92 Å². The first kappa shape index (κ1) is 20.2. The van der Waals surface area contributed by atoms with Gasteiger partial charge in [0.05, 0.1) is 11.9 Å². The normalized spacial score (nSPS) is 11.6. The van der Waals surface area contributed by atoms with E-state index in [1.165, 1.54) is 0 Å². The lowest BCUT2D eigenvalue weighted by Crippen LogP contribution is -2.52. The van der Waals surface area contributed by atoms with E-state index in [-0.39, 0.29) is 30.6 Å². The summed E-state index contributed by atoms with van der Waals surface area (Å²) in [4.78, 5) is 45.5. The Morgan fingerprint density at radius 1 is 1.23 bits per heavy atom. The third-order valence-electron chi connectivity index (χ3n) is 2.48. The number of primary amides is 2. The maximum atomic E-state index is 12.1. The van der Waals surface area contributed by atoms with Crippen molar-refractivity contribution in [1.82, 2.24) is 10.4 Å². The maximum absolute atomic E-state index is 12.1. The van der Waals surface area contributed by atoms with E-state index >= 15 is 0 Å². The lowest BCUT2D eigenvalue weighted by molar-refractivity contribution is -0.144. The molecule has 9 nitrogen and oxygen atoms in total. The Bertz CT molecular complexity index is 430. The van der Waals surface area contributed by atoms with Gasteiger partial charge in [0.1, 0.15) is 0 Å². The summed E-state index contributed by atoms with van der Waals surface area (Å²) in [6.45, 7) is 3.58. The monoisotopic (exact) mass is 380 g/mol. The Labute approximate surface area is 136 Å². The standard InChI is InChI=1S/C12H21BrN4O5/c1-7(2)5-8(22-12(15)21)11(20)16-17(10(19)6-13)4-3-9(14)18/h7-8H,3-6H2,1-2H3,(H2,14,18)(H2,15,21)(H,16,20). The molecule has 0 saturated heterocycles. The zero-order valence-corrected chi connectivity index (χ0v) is 14.1. The molecule has 0 aromatic carbocycles. The van der Waals surface area contributed by atoms with Gasteiger partial charge in [-0.2, -0.15) is 0 Å².